The number of carboxylic acid groups (broad SMARTS) is 1. The lowest BCUT2D eigenvalue weighted by atomic mass is 10.0. The van der Waals surface area contributed by atoms with Crippen LogP contribution in [0.5, 0.6) is 0 Å². The molecule has 4 nitrogen and oxygen atoms in total. The second kappa shape index (κ2) is 4.00. The van der Waals surface area contributed by atoms with Gasteiger partial charge in [0.15, 0.2) is 0 Å². The predicted molar refractivity (Wildman–Crippen MR) is 65.5 cm³/mol. The summed E-state index contributed by atoms with van der Waals surface area (Å²) in [5.41, 5.74) is -0.0213. The van der Waals surface area contributed by atoms with Crippen LogP contribution in [0.3, 0.4) is 0 Å². The van der Waals surface area contributed by atoms with E-state index >= 15 is 0 Å². The van der Waals surface area contributed by atoms with Gasteiger partial charge in [-0.1, -0.05) is 27.7 Å². The Hall–Kier alpha value is -1.06. The zero-order valence-electron chi connectivity index (χ0n) is 11.5. The highest BCUT2D eigenvalue weighted by molar-refractivity contribution is 5.85. The minimum atomic E-state index is -0.882. The lowest BCUT2D eigenvalue weighted by Crippen LogP contribution is -2.41. The van der Waals surface area contributed by atoms with Crippen molar-refractivity contribution in [2.24, 2.45) is 22.7 Å². The molecule has 2 atom stereocenters. The van der Waals surface area contributed by atoms with Crippen LogP contribution in [0.25, 0.3) is 0 Å². The van der Waals surface area contributed by atoms with Crippen LogP contribution in [0.4, 0.5) is 0 Å². The van der Waals surface area contributed by atoms with Gasteiger partial charge in [0.1, 0.15) is 0 Å². The van der Waals surface area contributed by atoms with Gasteiger partial charge in [-0.2, -0.15) is 0 Å². The Morgan fingerprint density at radius 1 is 1.12 bits per heavy atom. The molecule has 0 aliphatic heterocycles. The van der Waals surface area contributed by atoms with Crippen LogP contribution in [-0.4, -0.2) is 23.0 Å². The van der Waals surface area contributed by atoms with Crippen molar-refractivity contribution in [3.05, 3.63) is 0 Å². The highest BCUT2D eigenvalue weighted by atomic mass is 16.4. The fourth-order valence-electron chi connectivity index (χ4n) is 2.50. The number of nitrogens with one attached hydrogen (secondary N) is 1. The van der Waals surface area contributed by atoms with Gasteiger partial charge in [0.05, 0.1) is 5.92 Å². The summed E-state index contributed by atoms with van der Waals surface area (Å²) < 4.78 is 0. The topological polar surface area (TPSA) is 66.4 Å². The van der Waals surface area contributed by atoms with Crippen molar-refractivity contribution in [2.45, 2.75) is 47.6 Å². The number of amides is 1. The number of hydrogen-bond acceptors (Lipinski definition) is 2. The minimum Gasteiger partial charge on any atom is -0.481 e. The van der Waals surface area contributed by atoms with Gasteiger partial charge in [-0.05, 0) is 24.7 Å². The van der Waals surface area contributed by atoms with Crippen LogP contribution < -0.4 is 5.32 Å². The van der Waals surface area contributed by atoms with Crippen LogP contribution in [0.1, 0.15) is 41.5 Å². The molecule has 2 unspecified atom stereocenters. The molecule has 0 aromatic heterocycles. The smallest absolute Gasteiger partial charge is 0.308 e. The van der Waals surface area contributed by atoms with Gasteiger partial charge in [0, 0.05) is 12.0 Å². The highest BCUT2D eigenvalue weighted by Crippen LogP contribution is 2.68. The Morgan fingerprint density at radius 2 is 1.53 bits per heavy atom. The molecule has 1 amide bonds. The van der Waals surface area contributed by atoms with Crippen molar-refractivity contribution in [3.63, 3.8) is 0 Å². The standard InChI is InChI=1S/C13H23NO3/c1-7(11(16)17)8(2)14-10(15)9-12(3,4)13(9,5)6/h7-9H,1-6H3,(H,14,15)(H,16,17). The largest absolute Gasteiger partial charge is 0.481 e. The van der Waals surface area contributed by atoms with Crippen LogP contribution in [0.15, 0.2) is 0 Å². The van der Waals surface area contributed by atoms with Crippen molar-refractivity contribution < 1.29 is 14.7 Å². The van der Waals surface area contributed by atoms with Gasteiger partial charge in [-0.25, -0.2) is 0 Å². The summed E-state index contributed by atoms with van der Waals surface area (Å²) >= 11 is 0. The fourth-order valence-corrected chi connectivity index (χ4v) is 2.50. The van der Waals surface area contributed by atoms with E-state index in [9.17, 15) is 9.59 Å². The van der Waals surface area contributed by atoms with Crippen molar-refractivity contribution in [1.29, 1.82) is 0 Å². The molecule has 0 bridgehead atoms. The van der Waals surface area contributed by atoms with Gasteiger partial charge in [0.25, 0.3) is 0 Å². The van der Waals surface area contributed by atoms with E-state index in [1.165, 1.54) is 0 Å². The quantitative estimate of drug-likeness (QED) is 0.790. The van der Waals surface area contributed by atoms with E-state index < -0.39 is 11.9 Å². The first kappa shape index (κ1) is 14.0. The molecule has 0 heterocycles. The third-order valence-corrected chi connectivity index (χ3v) is 4.79. The summed E-state index contributed by atoms with van der Waals surface area (Å²) in [4.78, 5) is 22.9. The van der Waals surface area contributed by atoms with Crippen molar-refractivity contribution in [1.82, 2.24) is 5.32 Å². The lowest BCUT2D eigenvalue weighted by molar-refractivity contribution is -0.142. The Morgan fingerprint density at radius 3 is 1.82 bits per heavy atom. The van der Waals surface area contributed by atoms with Crippen LogP contribution in [0, 0.1) is 22.7 Å². The van der Waals surface area contributed by atoms with Crippen LogP contribution in [-0.2, 0) is 9.59 Å². The molecule has 0 saturated heterocycles. The first-order valence-corrected chi connectivity index (χ1v) is 6.06. The van der Waals surface area contributed by atoms with Gasteiger partial charge in [-0.3, -0.25) is 9.59 Å². The first-order valence-electron chi connectivity index (χ1n) is 6.06. The summed E-state index contributed by atoms with van der Waals surface area (Å²) in [5, 5.41) is 11.7. The van der Waals surface area contributed by atoms with Crippen LogP contribution in [0.2, 0.25) is 0 Å². The summed E-state index contributed by atoms with van der Waals surface area (Å²) in [5.74, 6) is -1.50. The van der Waals surface area contributed by atoms with E-state index in [1.54, 1.807) is 13.8 Å². The normalized spacial score (nSPS) is 24.8. The summed E-state index contributed by atoms with van der Waals surface area (Å²) in [6.45, 7) is 11.6. The number of carbonyl (C=O) groups is 2. The van der Waals surface area contributed by atoms with Gasteiger partial charge < -0.3 is 10.4 Å². The maximum Gasteiger partial charge on any atom is 0.308 e. The molecule has 1 saturated carbocycles. The van der Waals surface area contributed by atoms with Crippen molar-refractivity contribution in [2.75, 3.05) is 0 Å². The Labute approximate surface area is 103 Å². The van der Waals surface area contributed by atoms with Gasteiger partial charge in [-0.15, -0.1) is 0 Å². The molecule has 0 radical (unpaired) electrons. The van der Waals surface area contributed by atoms with Gasteiger partial charge >= 0.3 is 5.97 Å². The molecule has 0 aromatic rings. The zero-order chi connectivity index (χ0) is 13.6. The van der Waals surface area contributed by atoms with E-state index in [2.05, 4.69) is 33.0 Å². The lowest BCUT2D eigenvalue weighted by Gasteiger charge is -2.18. The van der Waals surface area contributed by atoms with E-state index in [-0.39, 0.29) is 28.7 Å². The molecule has 0 spiro atoms. The zero-order valence-corrected chi connectivity index (χ0v) is 11.5. The average Bonchev–Trinajstić information content (AvgIpc) is 2.55. The maximum absolute atomic E-state index is 12.1. The molecule has 17 heavy (non-hydrogen) atoms. The summed E-state index contributed by atoms with van der Waals surface area (Å²) in [6, 6.07) is -0.341. The van der Waals surface area contributed by atoms with E-state index in [1.807, 2.05) is 0 Å². The van der Waals surface area contributed by atoms with E-state index in [0.29, 0.717) is 0 Å². The molecule has 1 rings (SSSR count). The van der Waals surface area contributed by atoms with E-state index in [4.69, 9.17) is 5.11 Å². The van der Waals surface area contributed by atoms with Crippen molar-refractivity contribution >= 4 is 11.9 Å². The molecule has 1 fully saturated rings. The summed E-state index contributed by atoms with van der Waals surface area (Å²) in [6.07, 6.45) is 0. The number of hydrogen-bond donors (Lipinski definition) is 2. The summed E-state index contributed by atoms with van der Waals surface area (Å²) in [7, 11) is 0. The average molecular weight is 241 g/mol. The molecule has 2 N–H and O–H groups in total. The Balaban J connectivity index is 2.61. The molecule has 0 aromatic carbocycles. The molecule has 98 valence electrons. The second-order valence-electron chi connectivity index (χ2n) is 6.30. The number of aliphatic carboxylic acids is 1. The molecular formula is C13H23NO3. The monoisotopic (exact) mass is 241 g/mol. The second-order valence-corrected chi connectivity index (χ2v) is 6.30. The third-order valence-electron chi connectivity index (χ3n) is 4.79. The van der Waals surface area contributed by atoms with Crippen molar-refractivity contribution in [3.8, 4) is 0 Å². The minimum absolute atomic E-state index is 0.0106. The fraction of sp³-hybridized carbons (Fsp3) is 0.846. The number of carbonyl (C=O) groups excluding carboxylic acids is 1. The Kier molecular flexibility index (Phi) is 3.29. The Bertz CT molecular complexity index is 333. The number of carboxylic acids is 1. The SMILES string of the molecule is CC(NC(=O)C1C(C)(C)C1(C)C)C(C)C(=O)O. The van der Waals surface area contributed by atoms with E-state index in [0.717, 1.165) is 0 Å². The third kappa shape index (κ3) is 2.17. The highest BCUT2D eigenvalue weighted by Gasteiger charge is 2.68. The number of rotatable bonds is 4. The molecule has 4 heteroatoms. The van der Waals surface area contributed by atoms with Gasteiger partial charge in [0.2, 0.25) is 5.91 Å². The van der Waals surface area contributed by atoms with Crippen LogP contribution >= 0.6 is 0 Å². The molecule has 1 aliphatic rings. The first-order chi connectivity index (χ1) is 7.53. The maximum atomic E-state index is 12.1. The molecule has 1 aliphatic carbocycles. The predicted octanol–water partition coefficient (Wildman–Crippen LogP) is 1.89. The molecular weight excluding hydrogens is 218 g/mol.